The average Bonchev–Trinajstić information content (AvgIpc) is 3.02. The van der Waals surface area contributed by atoms with E-state index in [0.29, 0.717) is 29.4 Å². The summed E-state index contributed by atoms with van der Waals surface area (Å²) in [4.78, 5) is 20.3. The fourth-order valence-electron chi connectivity index (χ4n) is 3.49. The van der Waals surface area contributed by atoms with Crippen molar-refractivity contribution in [3.8, 4) is 11.5 Å². The molecular formula is C23H18N5O2+. The van der Waals surface area contributed by atoms with Gasteiger partial charge in [0.1, 0.15) is 17.6 Å². The maximum atomic E-state index is 11.2. The molecule has 0 saturated heterocycles. The number of allylic oxidation sites excluding steroid dienone is 4. The van der Waals surface area contributed by atoms with Crippen LogP contribution in [0.4, 0.5) is 5.69 Å². The maximum absolute atomic E-state index is 11.2. The molecule has 0 bridgehead atoms. The molecule has 5 rings (SSSR count). The molecule has 1 amide bonds. The topological polar surface area (TPSA) is 89.1 Å². The van der Waals surface area contributed by atoms with Crippen LogP contribution in [0.15, 0.2) is 106 Å². The number of anilines is 1. The van der Waals surface area contributed by atoms with Crippen molar-refractivity contribution >= 4 is 24.1 Å². The molecule has 146 valence electrons. The van der Waals surface area contributed by atoms with Crippen LogP contribution in [0.5, 0.6) is 11.5 Å². The highest BCUT2D eigenvalue weighted by Crippen LogP contribution is 2.38. The molecule has 3 aliphatic rings. The van der Waals surface area contributed by atoms with Gasteiger partial charge >= 0.3 is 0 Å². The Bertz CT molecular complexity index is 1220. The number of ether oxygens (including phenoxy) is 1. The first-order valence-electron chi connectivity index (χ1n) is 9.37. The molecule has 1 aliphatic carbocycles. The van der Waals surface area contributed by atoms with Crippen LogP contribution in [-0.4, -0.2) is 23.1 Å². The van der Waals surface area contributed by atoms with Crippen LogP contribution in [-0.2, 0) is 4.79 Å². The van der Waals surface area contributed by atoms with Gasteiger partial charge in [0.2, 0.25) is 12.1 Å². The van der Waals surface area contributed by atoms with Crippen LogP contribution in [0, 0.1) is 0 Å². The fourth-order valence-corrected chi connectivity index (χ4v) is 3.49. The summed E-state index contributed by atoms with van der Waals surface area (Å²) in [5.41, 5.74) is 3.87. The number of fused-ring (bicyclic) bond motifs is 1. The highest BCUT2D eigenvalue weighted by molar-refractivity contribution is 6.02. The number of amides is 1. The molecule has 0 fully saturated rings. The molecule has 7 heteroatoms. The van der Waals surface area contributed by atoms with Gasteiger partial charge in [-0.25, -0.2) is 0 Å². The van der Waals surface area contributed by atoms with Gasteiger partial charge in [0.25, 0.3) is 5.84 Å². The number of nitrogens with two attached hydrogens (primary N) is 1. The number of aliphatic imine (C=N–C) groups is 2. The predicted molar refractivity (Wildman–Crippen MR) is 116 cm³/mol. The number of hydrogen-bond donors (Lipinski definition) is 2. The number of carbonyl (C=O) groups excluding carboxylic acids is 1. The number of benzene rings is 2. The van der Waals surface area contributed by atoms with Gasteiger partial charge in [-0.1, -0.05) is 36.4 Å². The molecule has 30 heavy (non-hydrogen) atoms. The van der Waals surface area contributed by atoms with E-state index in [1.54, 1.807) is 24.7 Å². The zero-order chi connectivity index (χ0) is 20.6. The maximum Gasteiger partial charge on any atom is 0.265 e. The number of amidine groups is 1. The first-order valence-corrected chi connectivity index (χ1v) is 9.37. The fraction of sp³-hybridized carbons (Fsp3) is 0. The molecule has 3 N–H and O–H groups in total. The van der Waals surface area contributed by atoms with Crippen LogP contribution in [0.2, 0.25) is 0 Å². The van der Waals surface area contributed by atoms with Gasteiger partial charge < -0.3 is 10.1 Å². The third kappa shape index (κ3) is 2.89. The van der Waals surface area contributed by atoms with Crippen LogP contribution >= 0.6 is 0 Å². The van der Waals surface area contributed by atoms with Crippen molar-refractivity contribution in [3.63, 3.8) is 0 Å². The van der Waals surface area contributed by atoms with E-state index in [1.807, 2.05) is 60.7 Å². The summed E-state index contributed by atoms with van der Waals surface area (Å²) >= 11 is 0. The molecule has 2 aromatic carbocycles. The molecule has 0 aromatic heterocycles. The van der Waals surface area contributed by atoms with Gasteiger partial charge in [0, 0.05) is 5.57 Å². The molecule has 0 saturated carbocycles. The molecule has 0 radical (unpaired) electrons. The highest BCUT2D eigenvalue weighted by Gasteiger charge is 2.44. The van der Waals surface area contributed by atoms with E-state index in [0.717, 1.165) is 22.5 Å². The van der Waals surface area contributed by atoms with Crippen molar-refractivity contribution in [1.29, 1.82) is 0 Å². The van der Waals surface area contributed by atoms with Crippen molar-refractivity contribution in [2.45, 2.75) is 0 Å². The van der Waals surface area contributed by atoms with Gasteiger partial charge in [-0.3, -0.25) is 9.79 Å². The average molecular weight is 396 g/mol. The second-order valence-corrected chi connectivity index (χ2v) is 6.89. The molecule has 1 atom stereocenters. The minimum atomic E-state index is -0.0938. The smallest absolute Gasteiger partial charge is 0.265 e. The minimum absolute atomic E-state index is 0.0938. The molecule has 7 nitrogen and oxygen atoms in total. The number of quaternary nitrogens is 1. The Labute approximate surface area is 173 Å². The Morgan fingerprint density at radius 2 is 1.97 bits per heavy atom. The van der Waals surface area contributed by atoms with Gasteiger partial charge in [-0.15, -0.1) is 4.59 Å². The second kappa shape index (κ2) is 7.07. The van der Waals surface area contributed by atoms with E-state index in [4.69, 9.17) is 15.6 Å². The lowest BCUT2D eigenvalue weighted by atomic mass is 10.0. The van der Waals surface area contributed by atoms with Gasteiger partial charge in [-0.2, -0.15) is 10.8 Å². The summed E-state index contributed by atoms with van der Waals surface area (Å²) in [6, 6.07) is 14.9. The number of carbonyl (C=O) groups is 1. The SMILES string of the molecule is N[N+]12C=CN=CC1=C(C1=CC=C1)N=C2c1ccc(Oc2ccccc2)c(NC=O)c1. The van der Waals surface area contributed by atoms with E-state index in [-0.39, 0.29) is 4.59 Å². The number of hydrogen-bond acceptors (Lipinski definition) is 5. The van der Waals surface area contributed by atoms with E-state index in [9.17, 15) is 4.79 Å². The third-order valence-electron chi connectivity index (χ3n) is 5.04. The van der Waals surface area contributed by atoms with Crippen molar-refractivity contribution in [2.75, 3.05) is 5.32 Å². The van der Waals surface area contributed by atoms with Gasteiger partial charge in [-0.05, 0) is 30.3 Å². The molecule has 1 unspecified atom stereocenters. The van der Waals surface area contributed by atoms with Crippen molar-refractivity contribution in [3.05, 3.63) is 102 Å². The van der Waals surface area contributed by atoms with E-state index >= 15 is 0 Å². The molecular weight excluding hydrogens is 378 g/mol. The summed E-state index contributed by atoms with van der Waals surface area (Å²) in [6.45, 7) is 0. The van der Waals surface area contributed by atoms with Gasteiger partial charge in [0.15, 0.2) is 5.75 Å². The Morgan fingerprint density at radius 1 is 1.13 bits per heavy atom. The van der Waals surface area contributed by atoms with E-state index in [1.165, 1.54) is 0 Å². The number of nitrogens with zero attached hydrogens (tertiary/aromatic N) is 3. The number of nitrogens with one attached hydrogen (secondary N) is 1. The Hall–Kier alpha value is -4.07. The molecule has 2 aromatic rings. The normalized spacial score (nSPS) is 21.0. The monoisotopic (exact) mass is 396 g/mol. The lowest BCUT2D eigenvalue weighted by molar-refractivity contribution is -0.750. The largest absolute Gasteiger partial charge is 0.455 e. The van der Waals surface area contributed by atoms with Crippen molar-refractivity contribution in [1.82, 2.24) is 0 Å². The summed E-state index contributed by atoms with van der Waals surface area (Å²) in [5.74, 6) is 8.55. The summed E-state index contributed by atoms with van der Waals surface area (Å²) in [5, 5.41) is 2.71. The Morgan fingerprint density at radius 3 is 2.70 bits per heavy atom. The summed E-state index contributed by atoms with van der Waals surface area (Å²) in [7, 11) is 0. The van der Waals surface area contributed by atoms with Crippen LogP contribution in [0.25, 0.3) is 0 Å². The van der Waals surface area contributed by atoms with Crippen molar-refractivity contribution < 1.29 is 14.1 Å². The Balaban J connectivity index is 1.55. The number of para-hydroxylation sites is 1. The lowest BCUT2D eigenvalue weighted by Crippen LogP contribution is -2.53. The highest BCUT2D eigenvalue weighted by atomic mass is 16.5. The third-order valence-corrected chi connectivity index (χ3v) is 5.04. The standard InChI is InChI=1S/C23H17N5O2/c24-28-12-11-25-14-20(28)22(16-5-4-6-16)27-23(28)17-9-10-21(19(13-17)26-15-29)30-18-7-2-1-3-8-18/h1-15H,24H2/p+1. The molecule has 2 aliphatic heterocycles. The Kier molecular flexibility index (Phi) is 4.24. The van der Waals surface area contributed by atoms with Crippen LogP contribution < -0.4 is 15.9 Å². The molecule has 0 spiro atoms. The van der Waals surface area contributed by atoms with Crippen molar-refractivity contribution in [2.24, 2.45) is 15.8 Å². The first kappa shape index (κ1) is 18.0. The molecule has 2 heterocycles. The summed E-state index contributed by atoms with van der Waals surface area (Å²) in [6.07, 6.45) is 11.7. The predicted octanol–water partition coefficient (Wildman–Crippen LogP) is 3.76. The van der Waals surface area contributed by atoms with Crippen LogP contribution in [0.3, 0.4) is 0 Å². The van der Waals surface area contributed by atoms with Crippen LogP contribution in [0.1, 0.15) is 5.56 Å². The second-order valence-electron chi connectivity index (χ2n) is 6.89. The van der Waals surface area contributed by atoms with Gasteiger partial charge in [0.05, 0.1) is 23.7 Å². The minimum Gasteiger partial charge on any atom is -0.455 e. The first-order chi connectivity index (χ1) is 14.7. The van der Waals surface area contributed by atoms with E-state index in [2.05, 4.69) is 10.3 Å². The van der Waals surface area contributed by atoms with E-state index < -0.39 is 0 Å². The zero-order valence-corrected chi connectivity index (χ0v) is 15.9. The number of rotatable bonds is 6. The quantitative estimate of drug-likeness (QED) is 0.443. The zero-order valence-electron chi connectivity index (χ0n) is 15.9. The lowest BCUT2D eigenvalue weighted by Gasteiger charge is -2.26. The summed E-state index contributed by atoms with van der Waals surface area (Å²) < 4.78 is 5.84.